The predicted octanol–water partition coefficient (Wildman–Crippen LogP) is 2.20. The van der Waals surface area contributed by atoms with Gasteiger partial charge in [-0.1, -0.05) is 6.58 Å². The summed E-state index contributed by atoms with van der Waals surface area (Å²) in [7, 11) is 0. The summed E-state index contributed by atoms with van der Waals surface area (Å²) in [4.78, 5) is 13.5. The summed E-state index contributed by atoms with van der Waals surface area (Å²) >= 11 is 0. The molecular weight excluding hydrogens is 206 g/mol. The van der Waals surface area contributed by atoms with Crippen LogP contribution in [0.1, 0.15) is 27.7 Å². The highest BCUT2D eigenvalue weighted by molar-refractivity contribution is 5.68. The number of carbonyl (C=O) groups is 1. The van der Waals surface area contributed by atoms with Crippen molar-refractivity contribution in [2.24, 2.45) is 0 Å². The molecule has 1 aliphatic rings. The van der Waals surface area contributed by atoms with Crippen LogP contribution >= 0.6 is 0 Å². The molecule has 0 bridgehead atoms. The fourth-order valence-corrected chi connectivity index (χ4v) is 1.47. The first kappa shape index (κ1) is 13.0. The molecule has 1 rings (SSSR count). The standard InChI is InChI=1S/C12H21NO3/c1-9-6-13(7-10(2)15-8-9)11(14)16-12(3,4)5/h10H,1,6-8H2,2-5H3. The Bertz CT molecular complexity index is 280. The number of ether oxygens (including phenoxy) is 2. The fourth-order valence-electron chi connectivity index (χ4n) is 1.47. The molecule has 4 heteroatoms. The van der Waals surface area contributed by atoms with Crippen LogP contribution in [-0.4, -0.2) is 42.4 Å². The minimum absolute atomic E-state index is 0.0202. The molecule has 0 N–H and O–H groups in total. The SMILES string of the molecule is C=C1COC(C)CN(C(=O)OC(C)(C)C)C1. The van der Waals surface area contributed by atoms with Crippen LogP contribution in [0.15, 0.2) is 12.2 Å². The van der Waals surface area contributed by atoms with Crippen LogP contribution in [0.4, 0.5) is 4.79 Å². The summed E-state index contributed by atoms with van der Waals surface area (Å²) in [5.41, 5.74) is 0.435. The van der Waals surface area contributed by atoms with E-state index in [9.17, 15) is 4.79 Å². The third kappa shape index (κ3) is 4.23. The lowest BCUT2D eigenvalue weighted by Gasteiger charge is -2.27. The van der Waals surface area contributed by atoms with Gasteiger partial charge in [-0.2, -0.15) is 0 Å². The van der Waals surface area contributed by atoms with Crippen LogP contribution in [0.2, 0.25) is 0 Å². The van der Waals surface area contributed by atoms with Gasteiger partial charge < -0.3 is 14.4 Å². The molecule has 0 aliphatic carbocycles. The number of carbonyl (C=O) groups excluding carboxylic acids is 1. The topological polar surface area (TPSA) is 38.8 Å². The number of rotatable bonds is 0. The Labute approximate surface area is 97.2 Å². The van der Waals surface area contributed by atoms with E-state index in [4.69, 9.17) is 9.47 Å². The van der Waals surface area contributed by atoms with Crippen molar-refractivity contribution >= 4 is 6.09 Å². The average Bonchev–Trinajstić information content (AvgIpc) is 2.25. The molecule has 0 radical (unpaired) electrons. The van der Waals surface area contributed by atoms with Gasteiger partial charge in [-0.05, 0) is 33.3 Å². The van der Waals surface area contributed by atoms with Crippen molar-refractivity contribution in [3.63, 3.8) is 0 Å². The number of hydrogen-bond donors (Lipinski definition) is 0. The number of amides is 1. The lowest BCUT2D eigenvalue weighted by Crippen LogP contribution is -2.40. The van der Waals surface area contributed by atoms with E-state index in [1.807, 2.05) is 27.7 Å². The molecule has 1 amide bonds. The zero-order valence-corrected chi connectivity index (χ0v) is 10.6. The number of hydrogen-bond acceptors (Lipinski definition) is 3. The fraction of sp³-hybridized carbons (Fsp3) is 0.750. The van der Waals surface area contributed by atoms with Crippen LogP contribution in [0, 0.1) is 0 Å². The van der Waals surface area contributed by atoms with Crippen LogP contribution in [0.5, 0.6) is 0 Å². The van der Waals surface area contributed by atoms with Crippen LogP contribution in [0.25, 0.3) is 0 Å². The first-order chi connectivity index (χ1) is 7.28. The Morgan fingerprint density at radius 1 is 1.56 bits per heavy atom. The predicted molar refractivity (Wildman–Crippen MR) is 62.4 cm³/mol. The lowest BCUT2D eigenvalue weighted by molar-refractivity contribution is 0.0172. The maximum atomic E-state index is 11.9. The zero-order chi connectivity index (χ0) is 12.3. The second-order valence-corrected chi connectivity index (χ2v) is 5.23. The quantitative estimate of drug-likeness (QED) is 0.595. The van der Waals surface area contributed by atoms with Crippen molar-refractivity contribution in [3.05, 3.63) is 12.2 Å². The molecule has 4 nitrogen and oxygen atoms in total. The van der Waals surface area contributed by atoms with Crippen molar-refractivity contribution < 1.29 is 14.3 Å². The van der Waals surface area contributed by atoms with Crippen molar-refractivity contribution in [3.8, 4) is 0 Å². The van der Waals surface area contributed by atoms with Crippen molar-refractivity contribution in [1.82, 2.24) is 4.90 Å². The van der Waals surface area contributed by atoms with E-state index in [-0.39, 0.29) is 12.2 Å². The van der Waals surface area contributed by atoms with Crippen molar-refractivity contribution in [1.29, 1.82) is 0 Å². The van der Waals surface area contributed by atoms with Crippen molar-refractivity contribution in [2.45, 2.75) is 39.4 Å². The summed E-state index contributed by atoms with van der Waals surface area (Å²) in [6, 6.07) is 0. The van der Waals surface area contributed by atoms with Crippen LogP contribution in [0.3, 0.4) is 0 Å². The monoisotopic (exact) mass is 227 g/mol. The summed E-state index contributed by atoms with van der Waals surface area (Å²) < 4.78 is 10.8. The van der Waals surface area contributed by atoms with E-state index < -0.39 is 5.60 Å². The minimum Gasteiger partial charge on any atom is -0.444 e. The smallest absolute Gasteiger partial charge is 0.410 e. The molecule has 0 saturated carbocycles. The molecule has 1 atom stereocenters. The van der Waals surface area contributed by atoms with Gasteiger partial charge in [0.2, 0.25) is 0 Å². The molecule has 1 fully saturated rings. The van der Waals surface area contributed by atoms with Gasteiger partial charge >= 0.3 is 6.09 Å². The van der Waals surface area contributed by atoms with E-state index in [1.165, 1.54) is 0 Å². The van der Waals surface area contributed by atoms with Gasteiger partial charge in [0.15, 0.2) is 0 Å². The summed E-state index contributed by atoms with van der Waals surface area (Å²) in [5.74, 6) is 0. The molecular formula is C12H21NO3. The first-order valence-electron chi connectivity index (χ1n) is 5.54. The Hall–Kier alpha value is -1.03. The maximum absolute atomic E-state index is 11.9. The Morgan fingerprint density at radius 3 is 2.75 bits per heavy atom. The molecule has 1 saturated heterocycles. The van der Waals surface area contributed by atoms with Gasteiger partial charge in [-0.25, -0.2) is 4.79 Å². The molecule has 1 unspecified atom stereocenters. The molecule has 1 aliphatic heterocycles. The minimum atomic E-state index is -0.463. The highest BCUT2D eigenvalue weighted by Gasteiger charge is 2.26. The van der Waals surface area contributed by atoms with E-state index in [0.29, 0.717) is 19.7 Å². The third-order valence-electron chi connectivity index (χ3n) is 2.12. The lowest BCUT2D eigenvalue weighted by atomic mass is 10.2. The zero-order valence-electron chi connectivity index (χ0n) is 10.6. The molecule has 0 aromatic rings. The van der Waals surface area contributed by atoms with Crippen LogP contribution in [-0.2, 0) is 9.47 Å². The highest BCUT2D eigenvalue weighted by Crippen LogP contribution is 2.14. The Balaban J connectivity index is 2.63. The Kier molecular flexibility index (Phi) is 3.97. The van der Waals surface area contributed by atoms with Gasteiger partial charge in [-0.15, -0.1) is 0 Å². The van der Waals surface area contributed by atoms with Gasteiger partial charge in [0.05, 0.1) is 19.3 Å². The average molecular weight is 227 g/mol. The summed E-state index contributed by atoms with van der Waals surface area (Å²) in [5, 5.41) is 0. The maximum Gasteiger partial charge on any atom is 0.410 e. The molecule has 0 aromatic carbocycles. The molecule has 0 aromatic heterocycles. The molecule has 92 valence electrons. The van der Waals surface area contributed by atoms with E-state index >= 15 is 0 Å². The van der Waals surface area contributed by atoms with Crippen molar-refractivity contribution in [2.75, 3.05) is 19.7 Å². The second kappa shape index (κ2) is 4.87. The van der Waals surface area contributed by atoms with E-state index in [2.05, 4.69) is 6.58 Å². The largest absolute Gasteiger partial charge is 0.444 e. The van der Waals surface area contributed by atoms with Gasteiger partial charge in [-0.3, -0.25) is 0 Å². The molecule has 0 spiro atoms. The van der Waals surface area contributed by atoms with E-state index in [0.717, 1.165) is 5.57 Å². The normalized spacial score (nSPS) is 22.9. The van der Waals surface area contributed by atoms with Crippen LogP contribution < -0.4 is 0 Å². The number of nitrogens with zero attached hydrogens (tertiary/aromatic N) is 1. The molecule has 1 heterocycles. The van der Waals surface area contributed by atoms with Gasteiger partial charge in [0, 0.05) is 6.54 Å². The third-order valence-corrected chi connectivity index (χ3v) is 2.12. The summed E-state index contributed by atoms with van der Waals surface area (Å²) in [6.45, 7) is 13.0. The second-order valence-electron chi connectivity index (χ2n) is 5.23. The highest BCUT2D eigenvalue weighted by atomic mass is 16.6. The molecule has 16 heavy (non-hydrogen) atoms. The first-order valence-corrected chi connectivity index (χ1v) is 5.54. The Morgan fingerprint density at radius 2 is 2.19 bits per heavy atom. The van der Waals surface area contributed by atoms with E-state index in [1.54, 1.807) is 4.90 Å². The van der Waals surface area contributed by atoms with Gasteiger partial charge in [0.25, 0.3) is 0 Å². The van der Waals surface area contributed by atoms with Gasteiger partial charge in [0.1, 0.15) is 5.60 Å². The summed E-state index contributed by atoms with van der Waals surface area (Å²) in [6.07, 6.45) is -0.280.